The summed E-state index contributed by atoms with van der Waals surface area (Å²) in [5.74, 6) is -2.22. The molecule has 0 saturated carbocycles. The number of carbonyl (C=O) groups is 3. The van der Waals surface area contributed by atoms with Crippen LogP contribution in [-0.4, -0.2) is 60.6 Å². The van der Waals surface area contributed by atoms with Crippen LogP contribution in [0.1, 0.15) is 27.9 Å². The lowest BCUT2D eigenvalue weighted by Gasteiger charge is -2.49. The highest BCUT2D eigenvalue weighted by Gasteiger charge is 2.54. The lowest BCUT2D eigenvalue weighted by atomic mass is 9.80. The maximum absolute atomic E-state index is 14.1. The van der Waals surface area contributed by atoms with Crippen LogP contribution < -0.4 is 11.1 Å². The quantitative estimate of drug-likeness (QED) is 0.0716. The third-order valence-corrected chi connectivity index (χ3v) is 10.4. The van der Waals surface area contributed by atoms with Gasteiger partial charge < -0.3 is 21.0 Å². The van der Waals surface area contributed by atoms with Crippen molar-refractivity contribution in [3.8, 4) is 0 Å². The van der Waals surface area contributed by atoms with E-state index >= 15 is 0 Å². The normalized spacial score (nSPS) is 17.5. The number of nitrogens with two attached hydrogens (primary N) is 1. The number of carbonyl (C=O) groups excluding carboxylic acids is 2. The van der Waals surface area contributed by atoms with E-state index in [4.69, 9.17) is 10.6 Å². The third-order valence-electron chi connectivity index (χ3n) is 8.44. The maximum atomic E-state index is 14.1. The van der Waals surface area contributed by atoms with Crippen molar-refractivity contribution in [2.75, 3.05) is 11.5 Å². The zero-order valence-electron chi connectivity index (χ0n) is 26.8. The van der Waals surface area contributed by atoms with Gasteiger partial charge in [-0.15, -0.1) is 23.1 Å². The number of nitrogen functional groups attached to an aromatic ring is 1. The Bertz CT molecular complexity index is 2060. The fourth-order valence-corrected chi connectivity index (χ4v) is 7.91. The molecule has 4 N–H and O–H groups in total. The molecule has 4 heterocycles. The molecule has 5 aromatic rings. The lowest BCUT2D eigenvalue weighted by molar-refractivity contribution is -0.150. The topological polar surface area (TPSA) is 160 Å². The molecule has 2 atom stereocenters. The molecule has 2 amide bonds. The molecule has 254 valence electrons. The third kappa shape index (κ3) is 6.52. The number of nitrogens with one attached hydrogen (secondary N) is 1. The molecule has 0 aliphatic carbocycles. The van der Waals surface area contributed by atoms with E-state index in [0.717, 1.165) is 33.6 Å². The predicted molar refractivity (Wildman–Crippen MR) is 196 cm³/mol. The zero-order chi connectivity index (χ0) is 35.4. The summed E-state index contributed by atoms with van der Waals surface area (Å²) in [5, 5.41) is 18.6. The number of aliphatic carboxylic acids is 1. The molecule has 3 aromatic carbocycles. The maximum Gasteiger partial charge on any atom is 0.352 e. The number of aromatic nitrogens is 2. The van der Waals surface area contributed by atoms with Crippen LogP contribution >= 0.6 is 23.1 Å². The second-order valence-electron chi connectivity index (χ2n) is 11.5. The number of β-lactam (4-membered cyclic amide) rings is 1. The number of thioether (sulfide) groups is 1. The molecule has 1 saturated heterocycles. The summed E-state index contributed by atoms with van der Waals surface area (Å²) in [5.41, 5.74) is 8.06. The van der Waals surface area contributed by atoms with Gasteiger partial charge in [-0.25, -0.2) is 9.78 Å². The van der Waals surface area contributed by atoms with E-state index in [1.807, 2.05) is 97.1 Å². The number of hydrogen-bond acceptors (Lipinski definition) is 10. The number of oxime groups is 1. The van der Waals surface area contributed by atoms with Crippen LogP contribution in [0.3, 0.4) is 0 Å². The number of nitrogens with zero attached hydrogens (tertiary/aromatic N) is 4. The van der Waals surface area contributed by atoms with Crippen molar-refractivity contribution in [1.29, 1.82) is 0 Å². The molecule has 13 heteroatoms. The van der Waals surface area contributed by atoms with Crippen LogP contribution in [0.4, 0.5) is 5.13 Å². The van der Waals surface area contributed by atoms with Crippen molar-refractivity contribution >= 4 is 57.8 Å². The molecule has 2 aliphatic heterocycles. The van der Waals surface area contributed by atoms with Gasteiger partial charge in [-0.1, -0.05) is 114 Å². The number of thiazole rings is 1. The van der Waals surface area contributed by atoms with Crippen LogP contribution in [0.5, 0.6) is 0 Å². The molecule has 2 aliphatic rings. The van der Waals surface area contributed by atoms with Crippen molar-refractivity contribution in [2.24, 2.45) is 5.16 Å². The van der Waals surface area contributed by atoms with Gasteiger partial charge in [0.25, 0.3) is 11.8 Å². The number of benzene rings is 3. The summed E-state index contributed by atoms with van der Waals surface area (Å²) in [6, 6.07) is 31.2. The molecule has 11 nitrogen and oxygen atoms in total. The van der Waals surface area contributed by atoms with Gasteiger partial charge in [-0.2, -0.15) is 0 Å². The van der Waals surface area contributed by atoms with E-state index in [0.29, 0.717) is 11.3 Å². The fraction of sp³-hybridized carbons (Fsp3) is 0.105. The smallest absolute Gasteiger partial charge is 0.352 e. The number of allylic oxidation sites excluding steroid dienone is 1. The summed E-state index contributed by atoms with van der Waals surface area (Å²) in [4.78, 5) is 56.3. The minimum Gasteiger partial charge on any atom is -0.477 e. The molecule has 2 aromatic heterocycles. The van der Waals surface area contributed by atoms with Crippen molar-refractivity contribution in [3.05, 3.63) is 166 Å². The molecule has 0 spiro atoms. The molecule has 0 unspecified atom stereocenters. The molecule has 7 rings (SSSR count). The Kier molecular flexibility index (Phi) is 9.47. The first-order valence-electron chi connectivity index (χ1n) is 15.8. The number of carboxylic acids is 1. The predicted octanol–water partition coefficient (Wildman–Crippen LogP) is 5.29. The molecular weight excluding hydrogens is 685 g/mol. The highest BCUT2D eigenvalue weighted by molar-refractivity contribution is 8.00. The number of pyridine rings is 1. The Hall–Kier alpha value is -6.05. The second kappa shape index (κ2) is 14.4. The van der Waals surface area contributed by atoms with E-state index in [9.17, 15) is 19.5 Å². The largest absolute Gasteiger partial charge is 0.477 e. The van der Waals surface area contributed by atoms with E-state index in [-0.39, 0.29) is 22.2 Å². The van der Waals surface area contributed by atoms with Gasteiger partial charge in [-0.05, 0) is 17.2 Å². The van der Waals surface area contributed by atoms with Gasteiger partial charge in [0, 0.05) is 40.2 Å². The highest BCUT2D eigenvalue weighted by atomic mass is 32.2. The molecule has 0 bridgehead atoms. The monoisotopic (exact) mass is 714 g/mol. The molecule has 51 heavy (non-hydrogen) atoms. The van der Waals surface area contributed by atoms with Crippen LogP contribution in [0, 0.1) is 0 Å². The summed E-state index contributed by atoms with van der Waals surface area (Å²) in [6.45, 7) is 0. The van der Waals surface area contributed by atoms with Gasteiger partial charge >= 0.3 is 5.97 Å². The first-order chi connectivity index (χ1) is 24.9. The van der Waals surface area contributed by atoms with Crippen LogP contribution in [0.15, 0.2) is 143 Å². The first kappa shape index (κ1) is 33.4. The second-order valence-corrected chi connectivity index (χ2v) is 13.5. The SMILES string of the molecule is Nc1nc(C(=NOC(c2ccccc2)(c2ccccc2)c2ccccc2)C(=O)N[C@@H]2C(=O)N3C(C(=O)O)=C(/C=C/c4cccnc4)CS[C@H]23)cs1. The van der Waals surface area contributed by atoms with Crippen molar-refractivity contribution in [2.45, 2.75) is 17.0 Å². The number of rotatable bonds is 11. The summed E-state index contributed by atoms with van der Waals surface area (Å²) in [6.07, 6.45) is 6.72. The van der Waals surface area contributed by atoms with Gasteiger partial charge in [0.2, 0.25) is 5.60 Å². The molecule has 0 radical (unpaired) electrons. The Morgan fingerprint density at radius 2 is 1.57 bits per heavy atom. The van der Waals surface area contributed by atoms with E-state index in [1.54, 1.807) is 36.0 Å². The summed E-state index contributed by atoms with van der Waals surface area (Å²) >= 11 is 2.48. The van der Waals surface area contributed by atoms with Crippen LogP contribution in [0.2, 0.25) is 0 Å². The number of amides is 2. The lowest BCUT2D eigenvalue weighted by Crippen LogP contribution is -2.71. The zero-order valence-corrected chi connectivity index (χ0v) is 28.5. The number of hydrogen-bond donors (Lipinski definition) is 3. The van der Waals surface area contributed by atoms with Crippen molar-refractivity contribution < 1.29 is 24.3 Å². The first-order valence-corrected chi connectivity index (χ1v) is 17.7. The van der Waals surface area contributed by atoms with E-state index in [1.165, 1.54) is 16.7 Å². The summed E-state index contributed by atoms with van der Waals surface area (Å²) < 4.78 is 0. The van der Waals surface area contributed by atoms with Gasteiger partial charge in [-0.3, -0.25) is 19.5 Å². The minimum absolute atomic E-state index is 0.128. The number of anilines is 1. The fourth-order valence-electron chi connectivity index (χ4n) is 6.04. The molecule has 1 fully saturated rings. The minimum atomic E-state index is -1.29. The van der Waals surface area contributed by atoms with Gasteiger partial charge in [0.15, 0.2) is 10.8 Å². The number of carboxylic acid groups (broad SMARTS) is 1. The van der Waals surface area contributed by atoms with E-state index < -0.39 is 34.8 Å². The standard InChI is InChI=1S/C38H30N6O5S2/c39-37-41-29(23-51-37)30(43-49-38(26-12-4-1-5-13-26,27-14-6-2-7-15-27)28-16-8-3-9-17-28)33(45)42-31-34(46)44-32(36(47)48)25(22-50-35(31)44)19-18-24-11-10-20-40-21-24/h1-21,23,31,35H,22H2,(H2,39,41)(H,42,45)(H,47,48)/b19-18+,43-30?/t31-,35-/m1/s1. The van der Waals surface area contributed by atoms with Gasteiger partial charge in [0.1, 0.15) is 22.8 Å². The van der Waals surface area contributed by atoms with Crippen molar-refractivity contribution in [1.82, 2.24) is 20.2 Å². The van der Waals surface area contributed by atoms with Crippen LogP contribution in [0.25, 0.3) is 6.08 Å². The molecular formula is C38H30N6O5S2. The summed E-state index contributed by atoms with van der Waals surface area (Å²) in [7, 11) is 0. The Morgan fingerprint density at radius 3 is 2.10 bits per heavy atom. The van der Waals surface area contributed by atoms with Gasteiger partial charge in [0.05, 0.1) is 0 Å². The van der Waals surface area contributed by atoms with Crippen LogP contribution in [-0.2, 0) is 24.8 Å². The van der Waals surface area contributed by atoms with Crippen molar-refractivity contribution in [3.63, 3.8) is 0 Å². The Labute approximate surface area is 301 Å². The van der Waals surface area contributed by atoms with E-state index in [2.05, 4.69) is 20.4 Å². The average molecular weight is 715 g/mol. The average Bonchev–Trinajstić information content (AvgIpc) is 3.61. The Morgan fingerprint density at radius 1 is 0.941 bits per heavy atom. The highest BCUT2D eigenvalue weighted by Crippen LogP contribution is 2.42. The Balaban J connectivity index is 1.22. The number of fused-ring (bicyclic) bond motifs is 1.